The van der Waals surface area contributed by atoms with Gasteiger partial charge in [-0.05, 0) is 43.3 Å². The molecule has 2 amide bonds. The van der Waals surface area contributed by atoms with Crippen LogP contribution in [0.25, 0.3) is 0 Å². The Morgan fingerprint density at radius 1 is 1.20 bits per heavy atom. The highest BCUT2D eigenvalue weighted by atomic mass is 35.5. The minimum Gasteiger partial charge on any atom is -0.484 e. The Labute approximate surface area is 177 Å². The molecule has 1 aliphatic rings. The van der Waals surface area contributed by atoms with Crippen molar-refractivity contribution in [3.05, 3.63) is 65.0 Å². The van der Waals surface area contributed by atoms with Crippen molar-refractivity contribution in [3.8, 4) is 5.75 Å². The number of halogens is 1. The lowest BCUT2D eigenvalue weighted by atomic mass is 10.1. The SMILES string of the molecule is Cc1ccc(OCC(=O)Nc2nnc(C3CC(=O)N(c4ccc(Cl)cc4)C3)o2)cc1. The summed E-state index contributed by atoms with van der Waals surface area (Å²) in [5.41, 5.74) is 1.86. The van der Waals surface area contributed by atoms with E-state index in [0.29, 0.717) is 23.2 Å². The van der Waals surface area contributed by atoms with Crippen molar-refractivity contribution in [2.75, 3.05) is 23.4 Å². The van der Waals surface area contributed by atoms with Crippen molar-refractivity contribution in [3.63, 3.8) is 0 Å². The fourth-order valence-electron chi connectivity index (χ4n) is 3.13. The van der Waals surface area contributed by atoms with Gasteiger partial charge < -0.3 is 14.1 Å². The number of anilines is 2. The molecule has 8 nitrogen and oxygen atoms in total. The van der Waals surface area contributed by atoms with E-state index in [0.717, 1.165) is 11.3 Å². The van der Waals surface area contributed by atoms with Crippen LogP contribution in [0, 0.1) is 6.92 Å². The van der Waals surface area contributed by atoms with Crippen molar-refractivity contribution in [1.29, 1.82) is 0 Å². The molecule has 9 heteroatoms. The van der Waals surface area contributed by atoms with E-state index in [1.54, 1.807) is 41.3 Å². The molecule has 2 heterocycles. The predicted molar refractivity (Wildman–Crippen MR) is 111 cm³/mol. The second-order valence-corrected chi connectivity index (χ2v) is 7.41. The minimum atomic E-state index is -0.420. The highest BCUT2D eigenvalue weighted by Crippen LogP contribution is 2.32. The molecule has 0 aliphatic carbocycles. The van der Waals surface area contributed by atoms with Gasteiger partial charge in [0.15, 0.2) is 6.61 Å². The number of carbonyl (C=O) groups excluding carboxylic acids is 2. The van der Waals surface area contributed by atoms with Gasteiger partial charge in [-0.25, -0.2) is 0 Å². The predicted octanol–water partition coefficient (Wildman–Crippen LogP) is 3.57. The Balaban J connectivity index is 1.33. The van der Waals surface area contributed by atoms with Crippen LogP contribution in [-0.2, 0) is 9.59 Å². The highest BCUT2D eigenvalue weighted by Gasteiger charge is 2.35. The molecule has 1 aliphatic heterocycles. The smallest absolute Gasteiger partial charge is 0.322 e. The molecular weight excluding hydrogens is 408 g/mol. The number of hydrogen-bond acceptors (Lipinski definition) is 6. The van der Waals surface area contributed by atoms with Crippen molar-refractivity contribution >= 4 is 35.1 Å². The largest absolute Gasteiger partial charge is 0.484 e. The number of hydrogen-bond donors (Lipinski definition) is 1. The van der Waals surface area contributed by atoms with Gasteiger partial charge in [0.25, 0.3) is 5.91 Å². The first-order chi connectivity index (χ1) is 14.5. The van der Waals surface area contributed by atoms with Crippen LogP contribution in [0.4, 0.5) is 11.7 Å². The molecular formula is C21H19ClN4O4. The van der Waals surface area contributed by atoms with Crippen LogP contribution < -0.4 is 15.0 Å². The summed E-state index contributed by atoms with van der Waals surface area (Å²) in [6, 6.07) is 14.4. The van der Waals surface area contributed by atoms with Crippen LogP contribution in [0.3, 0.4) is 0 Å². The summed E-state index contributed by atoms with van der Waals surface area (Å²) in [4.78, 5) is 26.1. The van der Waals surface area contributed by atoms with Crippen LogP contribution >= 0.6 is 11.6 Å². The maximum Gasteiger partial charge on any atom is 0.322 e. The van der Waals surface area contributed by atoms with Gasteiger partial charge in [-0.2, -0.15) is 0 Å². The van der Waals surface area contributed by atoms with E-state index in [4.69, 9.17) is 20.8 Å². The van der Waals surface area contributed by atoms with Gasteiger partial charge in [-0.15, -0.1) is 5.10 Å². The van der Waals surface area contributed by atoms with Crippen molar-refractivity contribution in [2.45, 2.75) is 19.3 Å². The Kier molecular flexibility index (Phi) is 5.67. The molecule has 1 unspecified atom stereocenters. The molecule has 1 fully saturated rings. The van der Waals surface area contributed by atoms with E-state index in [2.05, 4.69) is 15.5 Å². The summed E-state index contributed by atoms with van der Waals surface area (Å²) < 4.78 is 11.0. The zero-order chi connectivity index (χ0) is 21.1. The summed E-state index contributed by atoms with van der Waals surface area (Å²) in [5.74, 6) is 0.173. The number of amides is 2. The first-order valence-corrected chi connectivity index (χ1v) is 9.74. The molecule has 3 aromatic rings. The molecule has 30 heavy (non-hydrogen) atoms. The number of benzene rings is 2. The maximum atomic E-state index is 12.4. The van der Waals surface area contributed by atoms with Gasteiger partial charge in [0.1, 0.15) is 5.75 Å². The van der Waals surface area contributed by atoms with E-state index < -0.39 is 5.91 Å². The number of nitrogens with zero attached hydrogens (tertiary/aromatic N) is 3. The summed E-state index contributed by atoms with van der Waals surface area (Å²) in [7, 11) is 0. The topological polar surface area (TPSA) is 97.6 Å². The third-order valence-corrected chi connectivity index (χ3v) is 4.94. The standard InChI is InChI=1S/C21H19ClN4O4/c1-13-2-8-17(9-3-13)29-12-18(27)23-21-25-24-20(30-21)14-10-19(28)26(11-14)16-6-4-15(22)5-7-16/h2-9,14H,10-12H2,1H3,(H,23,25,27). The Hall–Kier alpha value is -3.39. The van der Waals surface area contributed by atoms with Gasteiger partial charge in [0.05, 0.1) is 5.92 Å². The summed E-state index contributed by atoms with van der Waals surface area (Å²) in [5, 5.41) is 10.9. The van der Waals surface area contributed by atoms with Gasteiger partial charge in [0, 0.05) is 23.7 Å². The molecule has 1 atom stereocenters. The summed E-state index contributed by atoms with van der Waals surface area (Å²) in [6.45, 7) is 2.19. The number of ether oxygens (including phenoxy) is 1. The van der Waals surface area contributed by atoms with Gasteiger partial charge >= 0.3 is 6.01 Å². The van der Waals surface area contributed by atoms with Crippen LogP contribution in [-0.4, -0.2) is 35.2 Å². The lowest BCUT2D eigenvalue weighted by Crippen LogP contribution is -2.24. The van der Waals surface area contributed by atoms with Gasteiger partial charge in [-0.1, -0.05) is 34.4 Å². The molecule has 2 aromatic carbocycles. The number of nitrogens with one attached hydrogen (secondary N) is 1. The zero-order valence-corrected chi connectivity index (χ0v) is 16.9. The van der Waals surface area contributed by atoms with Crippen molar-refractivity contribution in [2.24, 2.45) is 0 Å². The van der Waals surface area contributed by atoms with Crippen molar-refractivity contribution < 1.29 is 18.7 Å². The van der Waals surface area contributed by atoms with Crippen LogP contribution in [0.5, 0.6) is 5.75 Å². The second-order valence-electron chi connectivity index (χ2n) is 6.98. The summed E-state index contributed by atoms with van der Waals surface area (Å²) in [6.07, 6.45) is 0.245. The molecule has 1 aromatic heterocycles. The van der Waals surface area contributed by atoms with Crippen LogP contribution in [0.1, 0.15) is 23.8 Å². The molecule has 0 radical (unpaired) electrons. The molecule has 1 saturated heterocycles. The zero-order valence-electron chi connectivity index (χ0n) is 16.2. The number of carbonyl (C=O) groups is 2. The molecule has 4 rings (SSSR count). The Bertz CT molecular complexity index is 1050. The molecule has 0 saturated carbocycles. The molecule has 0 bridgehead atoms. The van der Waals surface area contributed by atoms with Gasteiger partial charge in [-0.3, -0.25) is 14.9 Å². The minimum absolute atomic E-state index is 0.0279. The van der Waals surface area contributed by atoms with Crippen LogP contribution in [0.2, 0.25) is 5.02 Å². The quantitative estimate of drug-likeness (QED) is 0.647. The lowest BCUT2D eigenvalue weighted by Gasteiger charge is -2.16. The third kappa shape index (κ3) is 4.60. The summed E-state index contributed by atoms with van der Waals surface area (Å²) >= 11 is 5.91. The van der Waals surface area contributed by atoms with Gasteiger partial charge in [0.2, 0.25) is 11.8 Å². The molecule has 154 valence electrons. The Morgan fingerprint density at radius 3 is 2.67 bits per heavy atom. The van der Waals surface area contributed by atoms with E-state index in [9.17, 15) is 9.59 Å². The first kappa shape index (κ1) is 19.9. The van der Waals surface area contributed by atoms with E-state index in [1.165, 1.54) is 0 Å². The molecule has 1 N–H and O–H groups in total. The van der Waals surface area contributed by atoms with E-state index in [-0.39, 0.29) is 30.9 Å². The second kappa shape index (κ2) is 8.54. The van der Waals surface area contributed by atoms with Crippen molar-refractivity contribution in [1.82, 2.24) is 10.2 Å². The van der Waals surface area contributed by atoms with E-state index in [1.807, 2.05) is 19.1 Å². The first-order valence-electron chi connectivity index (χ1n) is 9.36. The monoisotopic (exact) mass is 426 g/mol. The highest BCUT2D eigenvalue weighted by molar-refractivity contribution is 6.30. The third-order valence-electron chi connectivity index (χ3n) is 4.69. The average Bonchev–Trinajstić information content (AvgIpc) is 3.35. The van der Waals surface area contributed by atoms with E-state index >= 15 is 0 Å². The average molecular weight is 427 g/mol. The number of aryl methyl sites for hydroxylation is 1. The Morgan fingerprint density at radius 2 is 1.93 bits per heavy atom. The normalized spacial score (nSPS) is 16.0. The fourth-order valence-corrected chi connectivity index (χ4v) is 3.26. The fraction of sp³-hybridized carbons (Fsp3) is 0.238. The molecule has 0 spiro atoms. The van der Waals surface area contributed by atoms with Crippen LogP contribution in [0.15, 0.2) is 52.9 Å². The number of aromatic nitrogens is 2. The number of rotatable bonds is 6. The lowest BCUT2D eigenvalue weighted by molar-refractivity contribution is -0.118. The maximum absolute atomic E-state index is 12.4.